The summed E-state index contributed by atoms with van der Waals surface area (Å²) in [7, 11) is 0. The lowest BCUT2D eigenvalue weighted by atomic mass is 10.3. The molecule has 1 fully saturated rings. The molecular weight excluding hydrogens is 252 g/mol. The van der Waals surface area contributed by atoms with Gasteiger partial charge in [-0.3, -0.25) is 4.79 Å². The molecule has 5 nitrogen and oxygen atoms in total. The van der Waals surface area contributed by atoms with Gasteiger partial charge in [-0.15, -0.1) is 12.4 Å². The Morgan fingerprint density at radius 1 is 1.39 bits per heavy atom. The van der Waals surface area contributed by atoms with Crippen LogP contribution in [0.4, 0.5) is 0 Å². The number of hydrogen-bond donors (Lipinski definition) is 3. The maximum absolute atomic E-state index is 11.6. The zero-order chi connectivity index (χ0) is 11.9. The molecule has 0 radical (unpaired) electrons. The van der Waals surface area contributed by atoms with Crippen molar-refractivity contribution < 1.29 is 4.79 Å². The summed E-state index contributed by atoms with van der Waals surface area (Å²) in [6.45, 7) is 6.19. The number of rotatable bonds is 5. The van der Waals surface area contributed by atoms with Gasteiger partial charge in [-0.2, -0.15) is 0 Å². The van der Waals surface area contributed by atoms with E-state index in [2.05, 4.69) is 20.5 Å². The number of halogens is 1. The lowest BCUT2D eigenvalue weighted by molar-refractivity contribution is 0.0947. The molecule has 0 unspecified atom stereocenters. The number of carbonyl (C=O) groups excluding carboxylic acids is 1. The molecule has 1 aromatic heterocycles. The van der Waals surface area contributed by atoms with E-state index in [4.69, 9.17) is 0 Å². The number of carbonyl (C=O) groups is 1. The Morgan fingerprint density at radius 3 is 2.83 bits per heavy atom. The van der Waals surface area contributed by atoms with Crippen LogP contribution in [0.5, 0.6) is 0 Å². The molecule has 1 amide bonds. The fourth-order valence-corrected chi connectivity index (χ4v) is 2.01. The zero-order valence-corrected chi connectivity index (χ0v) is 11.3. The van der Waals surface area contributed by atoms with Crippen molar-refractivity contribution in [3.8, 4) is 0 Å². The minimum atomic E-state index is -0.0182. The average molecular weight is 273 g/mol. The standard InChI is InChI=1S/C12H20N4O.ClH/c17-12(11-3-1-4-14-11)15-5-2-8-16-9-6-13-7-10-16;/h1,3-4,13-14H,2,5-10H2,(H,15,17);1H. The number of piperazine rings is 1. The number of amides is 1. The predicted octanol–water partition coefficient (Wildman–Crippen LogP) is 0.462. The lowest BCUT2D eigenvalue weighted by Crippen LogP contribution is -2.44. The zero-order valence-electron chi connectivity index (χ0n) is 10.4. The molecular formula is C12H21ClN4O. The van der Waals surface area contributed by atoms with Crippen LogP contribution in [0.1, 0.15) is 16.9 Å². The maximum Gasteiger partial charge on any atom is 0.267 e. The Labute approximate surface area is 114 Å². The van der Waals surface area contributed by atoms with Gasteiger partial charge in [0, 0.05) is 38.9 Å². The molecule has 2 heterocycles. The van der Waals surface area contributed by atoms with Gasteiger partial charge in [0.05, 0.1) is 0 Å². The number of hydrogen-bond acceptors (Lipinski definition) is 3. The Balaban J connectivity index is 0.00000162. The molecule has 0 aliphatic carbocycles. The second kappa shape index (κ2) is 8.13. The van der Waals surface area contributed by atoms with Crippen LogP contribution in [0.25, 0.3) is 0 Å². The summed E-state index contributed by atoms with van der Waals surface area (Å²) >= 11 is 0. The molecule has 1 aliphatic heterocycles. The number of H-pyrrole nitrogens is 1. The molecule has 1 saturated heterocycles. The predicted molar refractivity (Wildman–Crippen MR) is 74.3 cm³/mol. The monoisotopic (exact) mass is 272 g/mol. The molecule has 102 valence electrons. The van der Waals surface area contributed by atoms with Crippen molar-refractivity contribution in [3.63, 3.8) is 0 Å². The van der Waals surface area contributed by atoms with E-state index < -0.39 is 0 Å². The third kappa shape index (κ3) is 4.68. The first-order valence-corrected chi connectivity index (χ1v) is 6.21. The first-order valence-electron chi connectivity index (χ1n) is 6.21. The highest BCUT2D eigenvalue weighted by Crippen LogP contribution is 1.95. The lowest BCUT2D eigenvalue weighted by Gasteiger charge is -2.27. The minimum absolute atomic E-state index is 0. The summed E-state index contributed by atoms with van der Waals surface area (Å²) in [5.41, 5.74) is 0.632. The Kier molecular flexibility index (Phi) is 6.78. The van der Waals surface area contributed by atoms with Crippen molar-refractivity contribution in [2.45, 2.75) is 6.42 Å². The normalized spacial score (nSPS) is 16.0. The van der Waals surface area contributed by atoms with E-state index in [1.807, 2.05) is 6.07 Å². The van der Waals surface area contributed by atoms with Crippen LogP contribution in [0.3, 0.4) is 0 Å². The van der Waals surface area contributed by atoms with Gasteiger partial charge in [0.2, 0.25) is 0 Å². The Hall–Kier alpha value is -1.04. The van der Waals surface area contributed by atoms with Gasteiger partial charge >= 0.3 is 0 Å². The van der Waals surface area contributed by atoms with E-state index in [-0.39, 0.29) is 18.3 Å². The molecule has 6 heteroatoms. The highest BCUT2D eigenvalue weighted by Gasteiger charge is 2.09. The van der Waals surface area contributed by atoms with Crippen LogP contribution in [0.15, 0.2) is 18.3 Å². The van der Waals surface area contributed by atoms with E-state index in [0.717, 1.165) is 45.7 Å². The molecule has 18 heavy (non-hydrogen) atoms. The Morgan fingerprint density at radius 2 is 2.17 bits per heavy atom. The molecule has 0 bridgehead atoms. The van der Waals surface area contributed by atoms with Gasteiger partial charge < -0.3 is 20.5 Å². The van der Waals surface area contributed by atoms with E-state index in [9.17, 15) is 4.79 Å². The van der Waals surface area contributed by atoms with Crippen LogP contribution in [0, 0.1) is 0 Å². The smallest absolute Gasteiger partial charge is 0.267 e. The summed E-state index contributed by atoms with van der Waals surface area (Å²) in [6.07, 6.45) is 2.77. The van der Waals surface area contributed by atoms with Crippen molar-refractivity contribution in [1.29, 1.82) is 0 Å². The summed E-state index contributed by atoms with van der Waals surface area (Å²) in [6, 6.07) is 3.61. The van der Waals surface area contributed by atoms with Gasteiger partial charge in [-0.05, 0) is 25.1 Å². The van der Waals surface area contributed by atoms with Crippen LogP contribution < -0.4 is 10.6 Å². The molecule has 1 aliphatic rings. The summed E-state index contributed by atoms with van der Waals surface area (Å²) < 4.78 is 0. The summed E-state index contributed by atoms with van der Waals surface area (Å²) in [4.78, 5) is 16.9. The second-order valence-electron chi connectivity index (χ2n) is 4.28. The van der Waals surface area contributed by atoms with Gasteiger partial charge in [-0.25, -0.2) is 0 Å². The minimum Gasteiger partial charge on any atom is -0.357 e. The number of nitrogens with one attached hydrogen (secondary N) is 3. The molecule has 0 saturated carbocycles. The van der Waals surface area contributed by atoms with Gasteiger partial charge in [0.25, 0.3) is 5.91 Å². The SMILES string of the molecule is Cl.O=C(NCCCN1CCNCC1)c1ccc[nH]1. The van der Waals surface area contributed by atoms with Crippen molar-refractivity contribution >= 4 is 18.3 Å². The highest BCUT2D eigenvalue weighted by atomic mass is 35.5. The van der Waals surface area contributed by atoms with Gasteiger partial charge in [0.15, 0.2) is 0 Å². The van der Waals surface area contributed by atoms with Crippen LogP contribution in [-0.2, 0) is 0 Å². The van der Waals surface area contributed by atoms with E-state index >= 15 is 0 Å². The molecule has 0 aromatic carbocycles. The first-order chi connectivity index (χ1) is 8.36. The Bertz CT molecular complexity index is 336. The van der Waals surface area contributed by atoms with E-state index in [0.29, 0.717) is 5.69 Å². The van der Waals surface area contributed by atoms with Gasteiger partial charge in [0.1, 0.15) is 5.69 Å². The first kappa shape index (κ1) is 15.0. The molecule has 0 atom stereocenters. The molecule has 2 rings (SSSR count). The average Bonchev–Trinajstić information content (AvgIpc) is 2.89. The van der Waals surface area contributed by atoms with E-state index in [1.54, 1.807) is 12.3 Å². The molecule has 1 aromatic rings. The number of aromatic amines is 1. The third-order valence-electron chi connectivity index (χ3n) is 2.99. The largest absolute Gasteiger partial charge is 0.357 e. The van der Waals surface area contributed by atoms with Crippen molar-refractivity contribution in [1.82, 2.24) is 20.5 Å². The third-order valence-corrected chi connectivity index (χ3v) is 2.99. The van der Waals surface area contributed by atoms with Gasteiger partial charge in [-0.1, -0.05) is 0 Å². The van der Waals surface area contributed by atoms with Crippen LogP contribution in [0.2, 0.25) is 0 Å². The highest BCUT2D eigenvalue weighted by molar-refractivity contribution is 5.92. The summed E-state index contributed by atoms with van der Waals surface area (Å²) in [5, 5.41) is 6.24. The van der Waals surface area contributed by atoms with Crippen LogP contribution in [-0.4, -0.2) is 55.1 Å². The molecule has 0 spiro atoms. The summed E-state index contributed by atoms with van der Waals surface area (Å²) in [5.74, 6) is -0.0182. The van der Waals surface area contributed by atoms with E-state index in [1.165, 1.54) is 0 Å². The topological polar surface area (TPSA) is 60.2 Å². The van der Waals surface area contributed by atoms with Crippen molar-refractivity contribution in [2.75, 3.05) is 39.3 Å². The maximum atomic E-state index is 11.6. The van der Waals surface area contributed by atoms with Crippen molar-refractivity contribution in [2.24, 2.45) is 0 Å². The number of nitrogens with zero attached hydrogens (tertiary/aromatic N) is 1. The quantitative estimate of drug-likeness (QED) is 0.683. The van der Waals surface area contributed by atoms with Crippen molar-refractivity contribution in [3.05, 3.63) is 24.0 Å². The number of aromatic nitrogens is 1. The fourth-order valence-electron chi connectivity index (χ4n) is 2.01. The fraction of sp³-hybridized carbons (Fsp3) is 0.583. The second-order valence-corrected chi connectivity index (χ2v) is 4.28. The van der Waals surface area contributed by atoms with Crippen LogP contribution >= 0.6 is 12.4 Å². The molecule has 3 N–H and O–H groups in total.